The highest BCUT2D eigenvalue weighted by molar-refractivity contribution is 5.76. The molecule has 1 aromatic heterocycles. The van der Waals surface area contributed by atoms with Gasteiger partial charge in [0.15, 0.2) is 0 Å². The summed E-state index contributed by atoms with van der Waals surface area (Å²) in [6, 6.07) is 11.7. The summed E-state index contributed by atoms with van der Waals surface area (Å²) >= 11 is 0. The van der Waals surface area contributed by atoms with E-state index in [0.29, 0.717) is 19.5 Å². The SMILES string of the molecule is O=C(CCc1ccccc1)NCCn1nc2c(cc1=O)CCCC2. The molecule has 0 saturated heterocycles. The van der Waals surface area contributed by atoms with Crippen LogP contribution < -0.4 is 10.9 Å². The predicted octanol–water partition coefficient (Wildman–Crippen LogP) is 1.87. The second-order valence-electron chi connectivity index (χ2n) is 6.22. The summed E-state index contributed by atoms with van der Waals surface area (Å²) in [7, 11) is 0. The molecule has 24 heavy (non-hydrogen) atoms. The molecule has 1 aromatic carbocycles. The molecule has 1 aliphatic carbocycles. The number of carbonyl (C=O) groups excluding carboxylic acids is 1. The van der Waals surface area contributed by atoms with Crippen molar-refractivity contribution < 1.29 is 4.79 Å². The minimum absolute atomic E-state index is 0.00450. The Morgan fingerprint density at radius 3 is 2.79 bits per heavy atom. The fourth-order valence-electron chi connectivity index (χ4n) is 3.05. The zero-order valence-electron chi connectivity index (χ0n) is 13.8. The maximum absolute atomic E-state index is 12.1. The summed E-state index contributed by atoms with van der Waals surface area (Å²) in [5.74, 6) is 0.00450. The number of hydrogen-bond acceptors (Lipinski definition) is 3. The van der Waals surface area contributed by atoms with Gasteiger partial charge in [-0.2, -0.15) is 5.10 Å². The summed E-state index contributed by atoms with van der Waals surface area (Å²) in [5, 5.41) is 7.33. The number of nitrogens with one attached hydrogen (secondary N) is 1. The van der Waals surface area contributed by atoms with E-state index in [0.717, 1.165) is 48.9 Å². The van der Waals surface area contributed by atoms with E-state index < -0.39 is 0 Å². The molecule has 2 aromatic rings. The first-order valence-corrected chi connectivity index (χ1v) is 8.63. The summed E-state index contributed by atoms with van der Waals surface area (Å²) in [5.41, 5.74) is 3.21. The molecule has 0 spiro atoms. The first-order valence-electron chi connectivity index (χ1n) is 8.63. The van der Waals surface area contributed by atoms with Crippen molar-refractivity contribution in [3.63, 3.8) is 0 Å². The molecule has 1 aliphatic rings. The van der Waals surface area contributed by atoms with E-state index in [9.17, 15) is 9.59 Å². The van der Waals surface area contributed by atoms with Gasteiger partial charge in [-0.15, -0.1) is 0 Å². The molecule has 0 fully saturated rings. The van der Waals surface area contributed by atoms with Crippen LogP contribution >= 0.6 is 0 Å². The number of rotatable bonds is 6. The van der Waals surface area contributed by atoms with Crippen LogP contribution in [0.15, 0.2) is 41.2 Å². The zero-order valence-corrected chi connectivity index (χ0v) is 13.8. The molecule has 5 nitrogen and oxygen atoms in total. The van der Waals surface area contributed by atoms with Crippen molar-refractivity contribution in [1.29, 1.82) is 0 Å². The van der Waals surface area contributed by atoms with E-state index in [1.165, 1.54) is 4.68 Å². The Morgan fingerprint density at radius 2 is 1.96 bits per heavy atom. The Kier molecular flexibility index (Phi) is 5.41. The van der Waals surface area contributed by atoms with Gasteiger partial charge in [0, 0.05) is 19.0 Å². The number of aromatic nitrogens is 2. The largest absolute Gasteiger partial charge is 0.354 e. The highest BCUT2D eigenvalue weighted by Crippen LogP contribution is 2.16. The maximum atomic E-state index is 12.1. The van der Waals surface area contributed by atoms with Gasteiger partial charge in [-0.1, -0.05) is 30.3 Å². The molecular weight excluding hydrogens is 302 g/mol. The average Bonchev–Trinajstić information content (AvgIpc) is 2.61. The minimum atomic E-state index is -0.0748. The fraction of sp³-hybridized carbons (Fsp3) is 0.421. The van der Waals surface area contributed by atoms with Gasteiger partial charge in [-0.05, 0) is 43.2 Å². The lowest BCUT2D eigenvalue weighted by molar-refractivity contribution is -0.121. The van der Waals surface area contributed by atoms with E-state index in [1.54, 1.807) is 6.07 Å². The first-order chi connectivity index (χ1) is 11.7. The van der Waals surface area contributed by atoms with Crippen LogP contribution in [0.3, 0.4) is 0 Å². The van der Waals surface area contributed by atoms with Crippen molar-refractivity contribution in [3.05, 3.63) is 63.6 Å². The second-order valence-corrected chi connectivity index (χ2v) is 6.22. The molecule has 0 radical (unpaired) electrons. The number of amides is 1. The molecule has 126 valence electrons. The maximum Gasteiger partial charge on any atom is 0.267 e. The number of benzene rings is 1. The number of hydrogen-bond donors (Lipinski definition) is 1. The van der Waals surface area contributed by atoms with Crippen molar-refractivity contribution in [2.75, 3.05) is 6.54 Å². The van der Waals surface area contributed by atoms with Crippen LogP contribution in [0.1, 0.15) is 36.1 Å². The topological polar surface area (TPSA) is 64.0 Å². The molecule has 3 rings (SSSR count). The second kappa shape index (κ2) is 7.90. The van der Waals surface area contributed by atoms with Gasteiger partial charge >= 0.3 is 0 Å². The number of nitrogens with zero attached hydrogens (tertiary/aromatic N) is 2. The van der Waals surface area contributed by atoms with Crippen LogP contribution in [-0.4, -0.2) is 22.2 Å². The highest BCUT2D eigenvalue weighted by atomic mass is 16.1. The first kappa shape index (κ1) is 16.4. The molecule has 0 saturated carbocycles. The lowest BCUT2D eigenvalue weighted by atomic mass is 9.97. The standard InChI is InChI=1S/C19H23N3O2/c23-18(11-10-15-6-2-1-3-7-15)20-12-13-22-19(24)14-16-8-4-5-9-17(16)21-22/h1-3,6-7,14H,4-5,8-13H2,(H,20,23). The molecule has 1 heterocycles. The Hall–Kier alpha value is -2.43. The van der Waals surface area contributed by atoms with Crippen LogP contribution in [0.25, 0.3) is 0 Å². The van der Waals surface area contributed by atoms with Gasteiger partial charge in [-0.25, -0.2) is 4.68 Å². The molecule has 0 unspecified atom stereocenters. The van der Waals surface area contributed by atoms with E-state index in [2.05, 4.69) is 10.4 Å². The predicted molar refractivity (Wildman–Crippen MR) is 92.9 cm³/mol. The van der Waals surface area contributed by atoms with E-state index in [-0.39, 0.29) is 11.5 Å². The summed E-state index contributed by atoms with van der Waals surface area (Å²) < 4.78 is 1.47. The van der Waals surface area contributed by atoms with Gasteiger partial charge in [-0.3, -0.25) is 9.59 Å². The Bertz CT molecular complexity index is 753. The number of carbonyl (C=O) groups is 1. The summed E-state index contributed by atoms with van der Waals surface area (Å²) in [6.45, 7) is 0.850. The van der Waals surface area contributed by atoms with Crippen molar-refractivity contribution in [2.24, 2.45) is 0 Å². The van der Waals surface area contributed by atoms with Crippen LogP contribution in [0.2, 0.25) is 0 Å². The van der Waals surface area contributed by atoms with Crippen LogP contribution in [0, 0.1) is 0 Å². The van der Waals surface area contributed by atoms with Crippen LogP contribution in [0.5, 0.6) is 0 Å². The molecule has 1 N–H and O–H groups in total. The molecule has 1 amide bonds. The molecule has 5 heteroatoms. The Morgan fingerprint density at radius 1 is 1.17 bits per heavy atom. The van der Waals surface area contributed by atoms with Gasteiger partial charge in [0.25, 0.3) is 5.56 Å². The average molecular weight is 325 g/mol. The summed E-state index contributed by atoms with van der Waals surface area (Å²) in [6.07, 6.45) is 5.35. The number of aryl methyl sites for hydroxylation is 3. The molecule has 0 aliphatic heterocycles. The van der Waals surface area contributed by atoms with Crippen molar-refractivity contribution in [3.8, 4) is 0 Å². The Balaban J connectivity index is 1.47. The molecular formula is C19H23N3O2. The summed E-state index contributed by atoms with van der Waals surface area (Å²) in [4.78, 5) is 24.0. The van der Waals surface area contributed by atoms with E-state index >= 15 is 0 Å². The van der Waals surface area contributed by atoms with Crippen LogP contribution in [-0.2, 0) is 30.6 Å². The fourth-order valence-corrected chi connectivity index (χ4v) is 3.05. The number of fused-ring (bicyclic) bond motifs is 1. The van der Waals surface area contributed by atoms with Crippen LogP contribution in [0.4, 0.5) is 0 Å². The normalized spacial score (nSPS) is 13.3. The minimum Gasteiger partial charge on any atom is -0.354 e. The molecule has 0 atom stereocenters. The Labute approximate surface area is 141 Å². The zero-order chi connectivity index (χ0) is 16.8. The van der Waals surface area contributed by atoms with E-state index in [4.69, 9.17) is 0 Å². The van der Waals surface area contributed by atoms with Crippen molar-refractivity contribution in [1.82, 2.24) is 15.1 Å². The van der Waals surface area contributed by atoms with Gasteiger partial charge in [0.1, 0.15) is 0 Å². The smallest absolute Gasteiger partial charge is 0.267 e. The van der Waals surface area contributed by atoms with E-state index in [1.807, 2.05) is 30.3 Å². The lowest BCUT2D eigenvalue weighted by Gasteiger charge is -2.16. The van der Waals surface area contributed by atoms with Gasteiger partial charge in [0.05, 0.1) is 12.2 Å². The van der Waals surface area contributed by atoms with Gasteiger partial charge in [0.2, 0.25) is 5.91 Å². The van der Waals surface area contributed by atoms with Gasteiger partial charge < -0.3 is 5.32 Å². The third-order valence-electron chi connectivity index (χ3n) is 4.40. The lowest BCUT2D eigenvalue weighted by Crippen LogP contribution is -2.33. The van der Waals surface area contributed by atoms with Crippen molar-refractivity contribution in [2.45, 2.75) is 45.1 Å². The quantitative estimate of drug-likeness (QED) is 0.882. The third kappa shape index (κ3) is 4.31. The van der Waals surface area contributed by atoms with Crippen molar-refractivity contribution >= 4 is 5.91 Å². The highest BCUT2D eigenvalue weighted by Gasteiger charge is 2.13. The third-order valence-corrected chi connectivity index (χ3v) is 4.40. The monoisotopic (exact) mass is 325 g/mol. The molecule has 0 bridgehead atoms.